The third-order valence-corrected chi connectivity index (χ3v) is 2.61. The Bertz CT molecular complexity index is 528. The maximum atomic E-state index is 12.1. The summed E-state index contributed by atoms with van der Waals surface area (Å²) < 4.78 is 1.63. The number of rotatable bonds is 2. The van der Waals surface area contributed by atoms with E-state index >= 15 is 0 Å². The first kappa shape index (κ1) is 10.7. The van der Waals surface area contributed by atoms with Crippen LogP contribution in [0.4, 0.5) is 5.69 Å². The quantitative estimate of drug-likeness (QED) is 0.639. The zero-order valence-electron chi connectivity index (χ0n) is 8.64. The first-order valence-electron chi connectivity index (χ1n) is 4.67. The summed E-state index contributed by atoms with van der Waals surface area (Å²) in [5.74, 6) is 0.0513. The molecule has 4 nitrogen and oxygen atoms in total. The molecule has 1 heterocycles. The van der Waals surface area contributed by atoms with Gasteiger partial charge in [0.1, 0.15) is 0 Å². The molecule has 0 bridgehead atoms. The predicted octanol–water partition coefficient (Wildman–Crippen LogP) is 1.89. The van der Waals surface area contributed by atoms with E-state index in [1.165, 1.54) is 0 Å². The van der Waals surface area contributed by atoms with Crippen LogP contribution in [0.1, 0.15) is 16.2 Å². The van der Waals surface area contributed by atoms with Gasteiger partial charge in [-0.2, -0.15) is 0 Å². The second kappa shape index (κ2) is 3.98. The molecule has 0 saturated carbocycles. The van der Waals surface area contributed by atoms with Gasteiger partial charge in [-0.15, -0.1) is 0 Å². The van der Waals surface area contributed by atoms with Crippen molar-refractivity contribution in [3.63, 3.8) is 0 Å². The molecule has 0 fully saturated rings. The summed E-state index contributed by atoms with van der Waals surface area (Å²) in [7, 11) is 1.74. The van der Waals surface area contributed by atoms with Gasteiger partial charge in [0.2, 0.25) is 5.78 Å². The molecule has 82 valence electrons. The van der Waals surface area contributed by atoms with Crippen molar-refractivity contribution in [2.75, 3.05) is 5.73 Å². The van der Waals surface area contributed by atoms with Crippen LogP contribution in [0.5, 0.6) is 0 Å². The zero-order chi connectivity index (χ0) is 11.7. The summed E-state index contributed by atoms with van der Waals surface area (Å²) in [6, 6.07) is 4.98. The smallest absolute Gasteiger partial charge is 0.232 e. The molecule has 0 atom stereocenters. The number of carbonyl (C=O) groups excluding carboxylic acids is 1. The minimum Gasteiger partial charge on any atom is -0.398 e. The van der Waals surface area contributed by atoms with Crippen molar-refractivity contribution in [3.05, 3.63) is 47.0 Å². The average Bonchev–Trinajstić information content (AvgIpc) is 2.64. The number of aryl methyl sites for hydroxylation is 1. The van der Waals surface area contributed by atoms with E-state index in [0.717, 1.165) is 0 Å². The zero-order valence-corrected chi connectivity index (χ0v) is 9.40. The van der Waals surface area contributed by atoms with Crippen LogP contribution >= 0.6 is 11.6 Å². The molecule has 2 aromatic rings. The summed E-state index contributed by atoms with van der Waals surface area (Å²) in [5.41, 5.74) is 6.40. The number of aromatic nitrogens is 2. The molecule has 0 aliphatic rings. The van der Waals surface area contributed by atoms with Gasteiger partial charge in [0.25, 0.3) is 0 Å². The van der Waals surface area contributed by atoms with Crippen molar-refractivity contribution in [3.8, 4) is 0 Å². The van der Waals surface area contributed by atoms with Crippen LogP contribution in [-0.4, -0.2) is 15.3 Å². The van der Waals surface area contributed by atoms with Crippen molar-refractivity contribution in [2.24, 2.45) is 7.05 Å². The van der Waals surface area contributed by atoms with Gasteiger partial charge < -0.3 is 10.3 Å². The lowest BCUT2D eigenvalue weighted by Gasteiger charge is -2.06. The molecule has 0 amide bonds. The molecule has 16 heavy (non-hydrogen) atoms. The summed E-state index contributed by atoms with van der Waals surface area (Å²) in [4.78, 5) is 16.1. The largest absolute Gasteiger partial charge is 0.398 e. The van der Waals surface area contributed by atoms with E-state index in [0.29, 0.717) is 22.1 Å². The highest BCUT2D eigenvalue weighted by atomic mass is 35.5. The number of anilines is 1. The molecule has 2 N–H and O–H groups in total. The first-order chi connectivity index (χ1) is 7.61. The molecule has 0 aliphatic heterocycles. The number of nitrogens with zero attached hydrogens (tertiary/aromatic N) is 2. The van der Waals surface area contributed by atoms with E-state index in [2.05, 4.69) is 4.98 Å². The van der Waals surface area contributed by atoms with Crippen LogP contribution in [0.2, 0.25) is 5.02 Å². The number of nitrogen functional groups attached to an aromatic ring is 1. The number of carbonyl (C=O) groups is 1. The van der Waals surface area contributed by atoms with E-state index in [4.69, 9.17) is 17.3 Å². The Kier molecular flexibility index (Phi) is 2.66. The second-order valence-electron chi connectivity index (χ2n) is 3.39. The Labute approximate surface area is 97.7 Å². The third-order valence-electron chi connectivity index (χ3n) is 2.30. The second-order valence-corrected chi connectivity index (χ2v) is 3.80. The van der Waals surface area contributed by atoms with Crippen LogP contribution in [-0.2, 0) is 7.05 Å². The Morgan fingerprint density at radius 1 is 1.50 bits per heavy atom. The lowest BCUT2D eigenvalue weighted by atomic mass is 10.1. The van der Waals surface area contributed by atoms with Crippen molar-refractivity contribution >= 4 is 23.1 Å². The topological polar surface area (TPSA) is 60.9 Å². The van der Waals surface area contributed by atoms with E-state index in [1.807, 2.05) is 0 Å². The van der Waals surface area contributed by atoms with Crippen molar-refractivity contribution in [2.45, 2.75) is 0 Å². The highest BCUT2D eigenvalue weighted by molar-refractivity contribution is 6.35. The highest BCUT2D eigenvalue weighted by Gasteiger charge is 2.19. The number of benzene rings is 1. The molecular weight excluding hydrogens is 226 g/mol. The van der Waals surface area contributed by atoms with Gasteiger partial charge in [-0.25, -0.2) is 4.98 Å². The molecule has 1 aromatic carbocycles. The molecule has 0 unspecified atom stereocenters. The maximum absolute atomic E-state index is 12.1. The van der Waals surface area contributed by atoms with Gasteiger partial charge in [-0.05, 0) is 12.1 Å². The number of hydrogen-bond donors (Lipinski definition) is 1. The summed E-state index contributed by atoms with van der Waals surface area (Å²) in [5, 5.41) is 0.341. The molecule has 0 aliphatic carbocycles. The maximum Gasteiger partial charge on any atom is 0.232 e. The fourth-order valence-electron chi connectivity index (χ4n) is 1.48. The minimum absolute atomic E-state index is 0.268. The SMILES string of the molecule is Cn1ccnc1C(=O)c1c(N)cccc1Cl. The summed E-state index contributed by atoms with van der Waals surface area (Å²) >= 11 is 5.96. The monoisotopic (exact) mass is 235 g/mol. The number of nitrogens with two attached hydrogens (primary N) is 1. The normalized spacial score (nSPS) is 10.4. The van der Waals surface area contributed by atoms with Gasteiger partial charge in [0, 0.05) is 25.1 Å². The van der Waals surface area contributed by atoms with Crippen molar-refractivity contribution < 1.29 is 4.79 Å². The number of hydrogen-bond acceptors (Lipinski definition) is 3. The van der Waals surface area contributed by atoms with Gasteiger partial charge in [0.05, 0.1) is 10.6 Å². The number of halogens is 1. The van der Waals surface area contributed by atoms with Gasteiger partial charge in [-0.1, -0.05) is 17.7 Å². The first-order valence-corrected chi connectivity index (χ1v) is 5.05. The third kappa shape index (κ3) is 1.67. The molecule has 0 saturated heterocycles. The lowest BCUT2D eigenvalue weighted by molar-refractivity contribution is 0.102. The molecule has 2 rings (SSSR count). The van der Waals surface area contributed by atoms with E-state index in [9.17, 15) is 4.79 Å². The van der Waals surface area contributed by atoms with E-state index < -0.39 is 0 Å². The van der Waals surface area contributed by atoms with Gasteiger partial charge in [0.15, 0.2) is 5.82 Å². The minimum atomic E-state index is -0.268. The van der Waals surface area contributed by atoms with Crippen LogP contribution in [0.3, 0.4) is 0 Å². The van der Waals surface area contributed by atoms with Crippen LogP contribution in [0.15, 0.2) is 30.6 Å². The van der Waals surface area contributed by atoms with Crippen LogP contribution in [0.25, 0.3) is 0 Å². The Morgan fingerprint density at radius 3 is 2.81 bits per heavy atom. The number of imidazole rings is 1. The van der Waals surface area contributed by atoms with Crippen molar-refractivity contribution in [1.82, 2.24) is 9.55 Å². The van der Waals surface area contributed by atoms with Crippen LogP contribution < -0.4 is 5.73 Å². The number of ketones is 1. The average molecular weight is 236 g/mol. The standard InChI is InChI=1S/C11H10ClN3O/c1-15-6-5-14-11(15)10(16)9-7(12)3-2-4-8(9)13/h2-6H,13H2,1H3. The Hall–Kier alpha value is -1.81. The van der Waals surface area contributed by atoms with Crippen LogP contribution in [0, 0.1) is 0 Å². The van der Waals surface area contributed by atoms with Gasteiger partial charge >= 0.3 is 0 Å². The summed E-state index contributed by atoms with van der Waals surface area (Å²) in [6.45, 7) is 0. The Morgan fingerprint density at radius 2 is 2.25 bits per heavy atom. The van der Waals surface area contributed by atoms with Crippen molar-refractivity contribution in [1.29, 1.82) is 0 Å². The van der Waals surface area contributed by atoms with E-state index in [-0.39, 0.29) is 5.78 Å². The van der Waals surface area contributed by atoms with Gasteiger partial charge in [-0.3, -0.25) is 4.79 Å². The van der Waals surface area contributed by atoms with E-state index in [1.54, 1.807) is 42.2 Å². The Balaban J connectivity index is 2.54. The predicted molar refractivity (Wildman–Crippen MR) is 62.5 cm³/mol. The lowest BCUT2D eigenvalue weighted by Crippen LogP contribution is -2.11. The molecule has 1 aromatic heterocycles. The molecule has 0 radical (unpaired) electrons. The fraction of sp³-hybridized carbons (Fsp3) is 0.0909. The fourth-order valence-corrected chi connectivity index (χ4v) is 1.74. The molecular formula is C11H10ClN3O. The highest BCUT2D eigenvalue weighted by Crippen LogP contribution is 2.24. The summed E-state index contributed by atoms with van der Waals surface area (Å²) in [6.07, 6.45) is 3.25. The molecule has 0 spiro atoms. The molecule has 5 heteroatoms.